The number of imide groups is 1. The number of hydrogen-bond donors (Lipinski definition) is 0. The molecule has 0 radical (unpaired) electrons. The first-order valence-corrected chi connectivity index (χ1v) is 14.8. The maximum atomic E-state index is 13.5. The molecule has 1 aromatic carbocycles. The zero-order valence-electron chi connectivity index (χ0n) is 22.5. The largest absolute Gasteiger partial charge is 0.465 e. The molecule has 3 aromatic rings. The van der Waals surface area contributed by atoms with E-state index in [1.165, 1.54) is 12.0 Å². The number of imidazole rings is 1. The monoisotopic (exact) mass is 612 g/mol. The van der Waals surface area contributed by atoms with E-state index in [1.54, 1.807) is 40.6 Å². The summed E-state index contributed by atoms with van der Waals surface area (Å²) in [6.45, 7) is 5.39. The van der Waals surface area contributed by atoms with Crippen molar-refractivity contribution in [3.05, 3.63) is 79.6 Å². The van der Waals surface area contributed by atoms with Gasteiger partial charge in [0, 0.05) is 19.5 Å². The lowest BCUT2D eigenvalue weighted by molar-refractivity contribution is -0.123. The molecule has 3 heterocycles. The van der Waals surface area contributed by atoms with Crippen LogP contribution in [-0.4, -0.2) is 50.9 Å². The fourth-order valence-corrected chi connectivity index (χ4v) is 5.65. The van der Waals surface area contributed by atoms with Crippen molar-refractivity contribution in [1.82, 2.24) is 19.4 Å². The Balaban J connectivity index is 1.71. The highest BCUT2D eigenvalue weighted by molar-refractivity contribution is 9.11. The summed E-state index contributed by atoms with van der Waals surface area (Å²) in [6, 6.07) is 8.95. The fraction of sp³-hybridized carbons (Fsp3) is 0.379. The molecule has 1 saturated heterocycles. The van der Waals surface area contributed by atoms with Gasteiger partial charge in [0.2, 0.25) is 0 Å². The topological polar surface area (TPSA) is 84.7 Å². The van der Waals surface area contributed by atoms with Crippen LogP contribution in [-0.2, 0) is 29.0 Å². The Hall–Kier alpha value is -3.24. The quantitative estimate of drug-likeness (QED) is 0.133. The molecule has 206 valence electrons. The Kier molecular flexibility index (Phi) is 9.74. The predicted octanol–water partition coefficient (Wildman–Crippen LogP) is 6.49. The molecular weight excluding hydrogens is 580 g/mol. The molecule has 1 fully saturated rings. The number of carbonyl (C=O) groups excluding carboxylic acids is 3. The van der Waals surface area contributed by atoms with Crippen LogP contribution in [0.1, 0.15) is 72.5 Å². The van der Waals surface area contributed by atoms with E-state index in [0.29, 0.717) is 30.9 Å². The number of aromatic nitrogens is 2. The summed E-state index contributed by atoms with van der Waals surface area (Å²) in [7, 11) is 1.36. The summed E-state index contributed by atoms with van der Waals surface area (Å²) < 4.78 is 7.87. The minimum absolute atomic E-state index is 0.284. The normalized spacial score (nSPS) is 14.6. The third-order valence-corrected chi connectivity index (χ3v) is 8.19. The summed E-state index contributed by atoms with van der Waals surface area (Å²) in [6.07, 6.45) is 8.00. The van der Waals surface area contributed by atoms with Crippen molar-refractivity contribution in [3.8, 4) is 0 Å². The van der Waals surface area contributed by atoms with Crippen molar-refractivity contribution < 1.29 is 19.1 Å². The average molecular weight is 614 g/mol. The van der Waals surface area contributed by atoms with Crippen LogP contribution in [0.4, 0.5) is 4.79 Å². The molecule has 3 amide bonds. The molecule has 0 N–H and O–H groups in total. The lowest BCUT2D eigenvalue weighted by atomic mass is 10.1. The number of methoxy groups -OCH3 is 1. The molecule has 4 rings (SSSR count). The van der Waals surface area contributed by atoms with Gasteiger partial charge >= 0.3 is 12.0 Å². The Morgan fingerprint density at radius 3 is 2.44 bits per heavy atom. The van der Waals surface area contributed by atoms with Crippen LogP contribution in [0.25, 0.3) is 6.08 Å². The number of unbranched alkanes of at least 4 members (excludes halogenated alkanes) is 2. The number of urea groups is 1. The lowest BCUT2D eigenvalue weighted by Crippen LogP contribution is -2.33. The smallest absolute Gasteiger partial charge is 0.337 e. The van der Waals surface area contributed by atoms with E-state index in [2.05, 4.69) is 32.4 Å². The van der Waals surface area contributed by atoms with Gasteiger partial charge in [-0.2, -0.15) is 0 Å². The van der Waals surface area contributed by atoms with Crippen LogP contribution in [0.2, 0.25) is 0 Å². The zero-order chi connectivity index (χ0) is 27.9. The number of nitrogens with zero attached hydrogens (tertiary/aromatic N) is 4. The second-order valence-corrected chi connectivity index (χ2v) is 11.7. The molecule has 0 bridgehead atoms. The van der Waals surface area contributed by atoms with E-state index >= 15 is 0 Å². The summed E-state index contributed by atoms with van der Waals surface area (Å²) in [5.74, 6) is 0.245. The number of ether oxygens (including phenoxy) is 1. The van der Waals surface area contributed by atoms with Crippen molar-refractivity contribution in [2.24, 2.45) is 0 Å². The van der Waals surface area contributed by atoms with Gasteiger partial charge in [0.1, 0.15) is 11.5 Å². The number of benzene rings is 1. The molecule has 1 aliphatic heterocycles. The Labute approximate surface area is 241 Å². The molecule has 0 aliphatic carbocycles. The first kappa shape index (κ1) is 28.8. The van der Waals surface area contributed by atoms with Crippen LogP contribution >= 0.6 is 27.3 Å². The molecule has 0 atom stereocenters. The van der Waals surface area contributed by atoms with E-state index < -0.39 is 0 Å². The van der Waals surface area contributed by atoms with E-state index in [4.69, 9.17) is 4.74 Å². The third-order valence-electron chi connectivity index (χ3n) is 6.64. The van der Waals surface area contributed by atoms with Gasteiger partial charge < -0.3 is 9.30 Å². The third kappa shape index (κ3) is 6.67. The molecule has 0 spiro atoms. The van der Waals surface area contributed by atoms with Crippen molar-refractivity contribution in [1.29, 1.82) is 0 Å². The highest BCUT2D eigenvalue weighted by Gasteiger charge is 2.40. The summed E-state index contributed by atoms with van der Waals surface area (Å²) in [5.41, 5.74) is 3.53. The van der Waals surface area contributed by atoms with E-state index in [1.807, 2.05) is 30.5 Å². The van der Waals surface area contributed by atoms with Gasteiger partial charge in [0.05, 0.1) is 34.9 Å². The van der Waals surface area contributed by atoms with E-state index in [9.17, 15) is 14.4 Å². The minimum atomic E-state index is -0.381. The number of thiophene rings is 1. The first-order chi connectivity index (χ1) is 18.9. The Bertz CT molecular complexity index is 1360. The number of aryl methyl sites for hydroxylation is 1. The van der Waals surface area contributed by atoms with Gasteiger partial charge in [-0.3, -0.25) is 14.6 Å². The molecule has 1 aliphatic rings. The molecule has 0 unspecified atom stereocenters. The van der Waals surface area contributed by atoms with Crippen LogP contribution in [0.3, 0.4) is 0 Å². The summed E-state index contributed by atoms with van der Waals surface area (Å²) in [5, 5.41) is 1.99. The summed E-state index contributed by atoms with van der Waals surface area (Å²) >= 11 is 5.04. The Morgan fingerprint density at radius 2 is 1.79 bits per heavy atom. The molecular formula is C29H33BrN4O4S. The molecule has 8 nitrogen and oxygen atoms in total. The fourth-order valence-electron chi connectivity index (χ4n) is 4.45. The van der Waals surface area contributed by atoms with Crippen molar-refractivity contribution in [3.63, 3.8) is 0 Å². The standard InChI is InChI=1S/C29H33BrN4O4S/c1-4-6-8-26-31-16-23(33(26)17-20-9-11-22(12-10-20)28(36)38-3)15-24-27(35)32(13-7-5-2)29(37)34(24)18-21-14-25(30)39-19-21/h9-12,14-16,19H,4-8,13,17-18H2,1-3H3. The second-order valence-electron chi connectivity index (χ2n) is 9.45. The molecule has 10 heteroatoms. The summed E-state index contributed by atoms with van der Waals surface area (Å²) in [4.78, 5) is 46.4. The maximum absolute atomic E-state index is 13.5. The predicted molar refractivity (Wildman–Crippen MR) is 155 cm³/mol. The van der Waals surface area contributed by atoms with Crippen molar-refractivity contribution >= 4 is 51.3 Å². The lowest BCUT2D eigenvalue weighted by Gasteiger charge is -2.17. The van der Waals surface area contributed by atoms with Gasteiger partial charge in [-0.15, -0.1) is 11.3 Å². The minimum Gasteiger partial charge on any atom is -0.465 e. The van der Waals surface area contributed by atoms with Crippen LogP contribution < -0.4 is 0 Å². The van der Waals surface area contributed by atoms with Crippen LogP contribution in [0.15, 0.2) is 51.4 Å². The number of halogens is 1. The molecule has 2 aromatic heterocycles. The van der Waals surface area contributed by atoms with Gasteiger partial charge in [-0.1, -0.05) is 38.8 Å². The highest BCUT2D eigenvalue weighted by atomic mass is 79.9. The Morgan fingerprint density at radius 1 is 1.05 bits per heavy atom. The van der Waals surface area contributed by atoms with Gasteiger partial charge in [0.15, 0.2) is 0 Å². The molecule has 39 heavy (non-hydrogen) atoms. The van der Waals surface area contributed by atoms with E-state index in [0.717, 1.165) is 58.5 Å². The van der Waals surface area contributed by atoms with Gasteiger partial charge in [-0.05, 0) is 69.6 Å². The average Bonchev–Trinajstić information content (AvgIpc) is 3.59. The van der Waals surface area contributed by atoms with Crippen LogP contribution in [0, 0.1) is 0 Å². The first-order valence-electron chi connectivity index (χ1n) is 13.2. The van der Waals surface area contributed by atoms with Crippen molar-refractivity contribution in [2.45, 2.75) is 59.0 Å². The second kappa shape index (κ2) is 13.2. The molecule has 0 saturated carbocycles. The highest BCUT2D eigenvalue weighted by Crippen LogP contribution is 2.29. The zero-order valence-corrected chi connectivity index (χ0v) is 24.9. The number of esters is 1. The van der Waals surface area contributed by atoms with Gasteiger partial charge in [0.25, 0.3) is 5.91 Å². The number of hydrogen-bond acceptors (Lipinski definition) is 6. The number of carbonyl (C=O) groups is 3. The number of rotatable bonds is 12. The number of amides is 3. The van der Waals surface area contributed by atoms with E-state index in [-0.39, 0.29) is 17.9 Å². The van der Waals surface area contributed by atoms with Gasteiger partial charge in [-0.25, -0.2) is 14.6 Å². The maximum Gasteiger partial charge on any atom is 0.337 e. The van der Waals surface area contributed by atoms with Crippen LogP contribution in [0.5, 0.6) is 0 Å². The van der Waals surface area contributed by atoms with Crippen molar-refractivity contribution in [2.75, 3.05) is 13.7 Å². The SMILES string of the molecule is CCCCc1ncc(C=C2C(=O)N(CCCC)C(=O)N2Cc2csc(Br)c2)n1Cc1ccc(C(=O)OC)cc1.